The molecule has 0 bridgehead atoms. The molecule has 2 aromatic carbocycles. The van der Waals surface area contributed by atoms with E-state index in [4.69, 9.17) is 4.74 Å². The molecule has 3 unspecified atom stereocenters. The van der Waals surface area contributed by atoms with Crippen LogP contribution in [-0.4, -0.2) is 58.9 Å². The van der Waals surface area contributed by atoms with Gasteiger partial charge >= 0.3 is 0 Å². The predicted octanol–water partition coefficient (Wildman–Crippen LogP) is 1.30. The number of benzene rings is 2. The van der Waals surface area contributed by atoms with Gasteiger partial charge in [0.25, 0.3) is 5.91 Å². The Bertz CT molecular complexity index is 913. The molecule has 0 saturated carbocycles. The molecule has 2 saturated heterocycles. The zero-order valence-electron chi connectivity index (χ0n) is 15.8. The van der Waals surface area contributed by atoms with Gasteiger partial charge in [-0.05, 0) is 36.2 Å². The predicted molar refractivity (Wildman–Crippen MR) is 104 cm³/mol. The van der Waals surface area contributed by atoms with Crippen molar-refractivity contribution >= 4 is 17.6 Å². The number of aromatic hydroxyl groups is 1. The molecule has 2 aromatic rings. The highest BCUT2D eigenvalue weighted by Gasteiger charge is 2.48. The Balaban J connectivity index is 1.57. The maximum absolute atomic E-state index is 13.3. The zero-order chi connectivity index (χ0) is 20.4. The number of hydrogen-bond acceptors (Lipinski definition) is 5. The van der Waals surface area contributed by atoms with E-state index in [2.05, 4.69) is 5.32 Å². The van der Waals surface area contributed by atoms with E-state index in [9.17, 15) is 19.5 Å². The van der Waals surface area contributed by atoms with Crippen LogP contribution >= 0.6 is 0 Å². The van der Waals surface area contributed by atoms with Crippen LogP contribution in [0.2, 0.25) is 0 Å². The Kier molecular flexibility index (Phi) is 5.31. The summed E-state index contributed by atoms with van der Waals surface area (Å²) in [5.41, 5.74) is 1.25. The van der Waals surface area contributed by atoms with E-state index < -0.39 is 12.1 Å². The first kappa shape index (κ1) is 19.1. The number of Topliss-reactive ketones (excluding diaryl/α,β-unsaturated/α-hetero) is 1. The topological polar surface area (TPSA) is 95.9 Å². The van der Waals surface area contributed by atoms with E-state index in [0.29, 0.717) is 18.5 Å². The van der Waals surface area contributed by atoms with Crippen LogP contribution in [0, 0.1) is 0 Å². The van der Waals surface area contributed by atoms with Crippen molar-refractivity contribution in [2.75, 3.05) is 13.2 Å². The molecule has 29 heavy (non-hydrogen) atoms. The Morgan fingerprint density at radius 3 is 2.59 bits per heavy atom. The van der Waals surface area contributed by atoms with Gasteiger partial charge in [0.15, 0.2) is 5.78 Å². The third-order valence-electron chi connectivity index (χ3n) is 5.41. The molecule has 2 aliphatic rings. The van der Waals surface area contributed by atoms with Crippen molar-refractivity contribution in [3.63, 3.8) is 0 Å². The lowest BCUT2D eigenvalue weighted by Crippen LogP contribution is -2.53. The number of ether oxygens (including phenoxy) is 1. The highest BCUT2D eigenvalue weighted by atomic mass is 16.5. The minimum Gasteiger partial charge on any atom is -0.508 e. The normalized spacial score (nSPS) is 21.7. The molecule has 0 aliphatic carbocycles. The number of phenolic OH excluding ortho intramolecular Hbond substituents is 1. The van der Waals surface area contributed by atoms with Crippen molar-refractivity contribution in [3.8, 4) is 5.75 Å². The molecule has 2 N–H and O–H groups in total. The van der Waals surface area contributed by atoms with E-state index in [-0.39, 0.29) is 42.5 Å². The second kappa shape index (κ2) is 8.05. The van der Waals surface area contributed by atoms with Crippen molar-refractivity contribution in [1.82, 2.24) is 10.2 Å². The Labute approximate surface area is 168 Å². The van der Waals surface area contributed by atoms with Crippen LogP contribution in [0.5, 0.6) is 5.75 Å². The molecule has 3 atom stereocenters. The van der Waals surface area contributed by atoms with Crippen molar-refractivity contribution < 1.29 is 24.2 Å². The van der Waals surface area contributed by atoms with E-state index in [1.54, 1.807) is 36.4 Å². The molecule has 0 radical (unpaired) electrons. The van der Waals surface area contributed by atoms with E-state index in [1.165, 1.54) is 17.0 Å². The van der Waals surface area contributed by atoms with Gasteiger partial charge in [-0.25, -0.2) is 0 Å². The average molecular weight is 394 g/mol. The SMILES string of the molecule is O=C(NC(Cc1ccc(O)cc1)C(=O)N1CCC2OCC(=O)C21)c1ccccc1. The van der Waals surface area contributed by atoms with Crippen molar-refractivity contribution in [1.29, 1.82) is 0 Å². The first-order valence-electron chi connectivity index (χ1n) is 9.61. The van der Waals surface area contributed by atoms with Crippen molar-refractivity contribution in [3.05, 3.63) is 65.7 Å². The summed E-state index contributed by atoms with van der Waals surface area (Å²) in [5, 5.41) is 12.3. The minimum absolute atomic E-state index is 0.0259. The van der Waals surface area contributed by atoms with Gasteiger partial charge in [0.05, 0.1) is 6.10 Å². The number of hydrogen-bond donors (Lipinski definition) is 2. The molecule has 7 nitrogen and oxygen atoms in total. The van der Waals surface area contributed by atoms with Gasteiger partial charge in [0.2, 0.25) is 5.91 Å². The van der Waals surface area contributed by atoms with Crippen LogP contribution in [0.4, 0.5) is 0 Å². The maximum atomic E-state index is 13.3. The number of amides is 2. The molecule has 2 heterocycles. The lowest BCUT2D eigenvalue weighted by molar-refractivity contribution is -0.138. The molecule has 4 rings (SSSR count). The van der Waals surface area contributed by atoms with Crippen LogP contribution in [0.1, 0.15) is 22.3 Å². The molecular formula is C22H22N2O5. The van der Waals surface area contributed by atoms with Crippen LogP contribution in [0.25, 0.3) is 0 Å². The lowest BCUT2D eigenvalue weighted by Gasteiger charge is -2.27. The zero-order valence-corrected chi connectivity index (χ0v) is 15.8. The molecular weight excluding hydrogens is 372 g/mol. The van der Waals surface area contributed by atoms with Gasteiger partial charge in [-0.3, -0.25) is 14.4 Å². The molecule has 150 valence electrons. The Hall–Kier alpha value is -3.19. The van der Waals surface area contributed by atoms with Crippen LogP contribution in [-0.2, 0) is 20.7 Å². The number of carbonyl (C=O) groups excluding carboxylic acids is 3. The Morgan fingerprint density at radius 2 is 1.86 bits per heavy atom. The third kappa shape index (κ3) is 4.00. The number of likely N-dealkylation sites (tertiary alicyclic amines) is 1. The number of rotatable bonds is 5. The summed E-state index contributed by atoms with van der Waals surface area (Å²) in [6, 6.07) is 13.8. The lowest BCUT2D eigenvalue weighted by atomic mass is 10.0. The number of phenols is 1. The summed E-state index contributed by atoms with van der Waals surface area (Å²) in [6.45, 7) is 0.450. The molecule has 2 fully saturated rings. The van der Waals surface area contributed by atoms with Gasteiger partial charge in [0.1, 0.15) is 24.4 Å². The fraction of sp³-hybridized carbons (Fsp3) is 0.318. The molecule has 7 heteroatoms. The fourth-order valence-corrected chi connectivity index (χ4v) is 3.94. The summed E-state index contributed by atoms with van der Waals surface area (Å²) in [4.78, 5) is 39.8. The average Bonchev–Trinajstić information content (AvgIpc) is 3.32. The fourth-order valence-electron chi connectivity index (χ4n) is 3.94. The van der Waals surface area contributed by atoms with E-state index in [0.717, 1.165) is 5.56 Å². The second-order valence-corrected chi connectivity index (χ2v) is 7.34. The van der Waals surface area contributed by atoms with E-state index >= 15 is 0 Å². The first-order valence-corrected chi connectivity index (χ1v) is 9.61. The quantitative estimate of drug-likeness (QED) is 0.797. The monoisotopic (exact) mass is 394 g/mol. The number of nitrogens with one attached hydrogen (secondary N) is 1. The smallest absolute Gasteiger partial charge is 0.251 e. The molecule has 2 amide bonds. The standard InChI is InChI=1S/C22H22N2O5/c25-16-8-6-14(7-9-16)12-17(23-21(27)15-4-2-1-3-5-15)22(28)24-11-10-19-20(24)18(26)13-29-19/h1-9,17,19-20,25H,10-13H2,(H,23,27). The van der Waals surface area contributed by atoms with Gasteiger partial charge in [0, 0.05) is 18.5 Å². The number of fused-ring (bicyclic) bond motifs is 1. The van der Waals surface area contributed by atoms with E-state index in [1.807, 2.05) is 6.07 Å². The molecule has 0 spiro atoms. The van der Waals surface area contributed by atoms with Gasteiger partial charge < -0.3 is 20.1 Å². The maximum Gasteiger partial charge on any atom is 0.251 e. The number of carbonyl (C=O) groups is 3. The number of nitrogens with zero attached hydrogens (tertiary/aromatic N) is 1. The van der Waals surface area contributed by atoms with Gasteiger partial charge in [-0.1, -0.05) is 30.3 Å². The highest BCUT2D eigenvalue weighted by Crippen LogP contribution is 2.28. The van der Waals surface area contributed by atoms with Crippen LogP contribution in [0.15, 0.2) is 54.6 Å². The summed E-state index contributed by atoms with van der Waals surface area (Å²) in [6.07, 6.45) is 0.604. The van der Waals surface area contributed by atoms with Gasteiger partial charge in [-0.15, -0.1) is 0 Å². The largest absolute Gasteiger partial charge is 0.508 e. The number of ketones is 1. The van der Waals surface area contributed by atoms with Crippen molar-refractivity contribution in [2.24, 2.45) is 0 Å². The Morgan fingerprint density at radius 1 is 1.14 bits per heavy atom. The summed E-state index contributed by atoms with van der Waals surface area (Å²) in [5.74, 6) is -0.624. The summed E-state index contributed by atoms with van der Waals surface area (Å²) < 4.78 is 5.47. The van der Waals surface area contributed by atoms with Crippen LogP contribution < -0.4 is 5.32 Å². The summed E-state index contributed by atoms with van der Waals surface area (Å²) in [7, 11) is 0. The minimum atomic E-state index is -0.834. The van der Waals surface area contributed by atoms with Gasteiger partial charge in [-0.2, -0.15) is 0 Å². The highest BCUT2D eigenvalue weighted by molar-refractivity contribution is 5.99. The first-order chi connectivity index (χ1) is 14.0. The molecule has 0 aromatic heterocycles. The van der Waals surface area contributed by atoms with Crippen molar-refractivity contribution in [2.45, 2.75) is 31.0 Å². The third-order valence-corrected chi connectivity index (χ3v) is 5.41. The van der Waals surface area contributed by atoms with Crippen LogP contribution in [0.3, 0.4) is 0 Å². The second-order valence-electron chi connectivity index (χ2n) is 7.34. The molecule has 2 aliphatic heterocycles. The summed E-state index contributed by atoms with van der Waals surface area (Å²) >= 11 is 0.